The number of nitrogens with one attached hydrogen (secondary N) is 1. The molecular formula is C13H28N2O. The maximum absolute atomic E-state index is 5.82. The largest absolute Gasteiger partial charge is 0.375 e. The number of nitrogens with two attached hydrogens (primary N) is 1. The molecule has 2 unspecified atom stereocenters. The number of ether oxygens (including phenoxy) is 1. The fourth-order valence-electron chi connectivity index (χ4n) is 2.58. The van der Waals surface area contributed by atoms with Crippen LogP contribution in [-0.4, -0.2) is 31.3 Å². The van der Waals surface area contributed by atoms with E-state index in [1.54, 1.807) is 0 Å². The average molecular weight is 228 g/mol. The molecule has 3 N–H and O–H groups in total. The highest BCUT2D eigenvalue weighted by Gasteiger charge is 2.26. The Morgan fingerprint density at radius 2 is 2.00 bits per heavy atom. The van der Waals surface area contributed by atoms with Crippen molar-refractivity contribution in [2.45, 2.75) is 58.1 Å². The van der Waals surface area contributed by atoms with Gasteiger partial charge in [-0.2, -0.15) is 0 Å². The molecule has 0 aromatic heterocycles. The molecule has 0 aromatic rings. The van der Waals surface area contributed by atoms with E-state index in [1.165, 1.54) is 25.7 Å². The third kappa shape index (κ3) is 4.40. The van der Waals surface area contributed by atoms with Gasteiger partial charge in [0.1, 0.15) is 0 Å². The SMILES string of the molecule is CCOC(C)(C)CNC1CCCCC1CN. The van der Waals surface area contributed by atoms with Crippen molar-refractivity contribution in [3.05, 3.63) is 0 Å². The molecule has 0 radical (unpaired) electrons. The third-order valence-corrected chi connectivity index (χ3v) is 3.54. The average Bonchev–Trinajstić information content (AvgIpc) is 2.27. The summed E-state index contributed by atoms with van der Waals surface area (Å²) in [5.41, 5.74) is 5.76. The fraction of sp³-hybridized carbons (Fsp3) is 1.00. The number of hydrogen-bond donors (Lipinski definition) is 2. The summed E-state index contributed by atoms with van der Waals surface area (Å²) in [5.74, 6) is 0.658. The van der Waals surface area contributed by atoms with Crippen molar-refractivity contribution < 1.29 is 4.74 Å². The van der Waals surface area contributed by atoms with Crippen molar-refractivity contribution in [3.8, 4) is 0 Å². The lowest BCUT2D eigenvalue weighted by Gasteiger charge is -2.34. The maximum atomic E-state index is 5.82. The Morgan fingerprint density at radius 3 is 2.62 bits per heavy atom. The predicted molar refractivity (Wildman–Crippen MR) is 68.5 cm³/mol. The van der Waals surface area contributed by atoms with Gasteiger partial charge in [-0.05, 0) is 46.1 Å². The van der Waals surface area contributed by atoms with Crippen LogP contribution in [0.1, 0.15) is 46.5 Å². The van der Waals surface area contributed by atoms with Crippen molar-refractivity contribution in [1.82, 2.24) is 5.32 Å². The Kier molecular flexibility index (Phi) is 5.73. The Hall–Kier alpha value is -0.120. The first-order chi connectivity index (χ1) is 7.59. The molecule has 1 rings (SSSR count). The van der Waals surface area contributed by atoms with Gasteiger partial charge in [-0.25, -0.2) is 0 Å². The van der Waals surface area contributed by atoms with Gasteiger partial charge in [0.2, 0.25) is 0 Å². The summed E-state index contributed by atoms with van der Waals surface area (Å²) >= 11 is 0. The first-order valence-electron chi connectivity index (χ1n) is 6.66. The second-order valence-electron chi connectivity index (χ2n) is 5.46. The summed E-state index contributed by atoms with van der Waals surface area (Å²) in [6.07, 6.45) is 5.23. The van der Waals surface area contributed by atoms with Crippen LogP contribution < -0.4 is 11.1 Å². The first-order valence-corrected chi connectivity index (χ1v) is 6.66. The number of hydrogen-bond acceptors (Lipinski definition) is 3. The fourth-order valence-corrected chi connectivity index (χ4v) is 2.58. The summed E-state index contributed by atoms with van der Waals surface area (Å²) in [4.78, 5) is 0. The lowest BCUT2D eigenvalue weighted by atomic mass is 9.84. The minimum atomic E-state index is -0.0641. The Morgan fingerprint density at radius 1 is 1.31 bits per heavy atom. The quantitative estimate of drug-likeness (QED) is 0.730. The number of rotatable bonds is 6. The Balaban J connectivity index is 2.34. The molecule has 3 heteroatoms. The summed E-state index contributed by atoms with van der Waals surface area (Å²) in [7, 11) is 0. The van der Waals surface area contributed by atoms with Crippen LogP contribution in [0.25, 0.3) is 0 Å². The summed E-state index contributed by atoms with van der Waals surface area (Å²) < 4.78 is 5.70. The molecule has 1 fully saturated rings. The molecule has 0 heterocycles. The van der Waals surface area contributed by atoms with Crippen LogP contribution in [0.3, 0.4) is 0 Å². The molecule has 16 heavy (non-hydrogen) atoms. The van der Waals surface area contributed by atoms with Crippen LogP contribution in [0, 0.1) is 5.92 Å². The van der Waals surface area contributed by atoms with E-state index < -0.39 is 0 Å². The minimum Gasteiger partial charge on any atom is -0.375 e. The van der Waals surface area contributed by atoms with E-state index in [1.807, 2.05) is 6.92 Å². The first kappa shape index (κ1) is 13.9. The van der Waals surface area contributed by atoms with Crippen molar-refractivity contribution in [2.24, 2.45) is 11.7 Å². The normalized spacial score (nSPS) is 27.0. The van der Waals surface area contributed by atoms with E-state index in [0.717, 1.165) is 19.7 Å². The van der Waals surface area contributed by atoms with Crippen molar-refractivity contribution in [2.75, 3.05) is 19.7 Å². The van der Waals surface area contributed by atoms with Gasteiger partial charge in [0.15, 0.2) is 0 Å². The van der Waals surface area contributed by atoms with Gasteiger partial charge in [0.25, 0.3) is 0 Å². The molecule has 3 nitrogen and oxygen atoms in total. The van der Waals surface area contributed by atoms with E-state index in [-0.39, 0.29) is 5.60 Å². The van der Waals surface area contributed by atoms with Crippen molar-refractivity contribution in [3.63, 3.8) is 0 Å². The van der Waals surface area contributed by atoms with Gasteiger partial charge in [-0.3, -0.25) is 0 Å². The molecule has 0 amide bonds. The summed E-state index contributed by atoms with van der Waals surface area (Å²) in [6.45, 7) is 8.84. The third-order valence-electron chi connectivity index (χ3n) is 3.54. The molecule has 1 aliphatic rings. The van der Waals surface area contributed by atoms with Gasteiger partial charge < -0.3 is 15.8 Å². The molecule has 0 aromatic carbocycles. The van der Waals surface area contributed by atoms with Crippen LogP contribution in [0.2, 0.25) is 0 Å². The highest BCUT2D eigenvalue weighted by molar-refractivity contribution is 4.84. The Bertz CT molecular complexity index is 194. The zero-order chi connectivity index (χ0) is 12.0. The second kappa shape index (κ2) is 6.58. The molecular weight excluding hydrogens is 200 g/mol. The summed E-state index contributed by atoms with van der Waals surface area (Å²) in [6, 6.07) is 0.596. The predicted octanol–water partition coefficient (Wildman–Crippen LogP) is 1.91. The van der Waals surface area contributed by atoms with E-state index in [4.69, 9.17) is 10.5 Å². The van der Waals surface area contributed by atoms with Crippen LogP contribution in [0.15, 0.2) is 0 Å². The zero-order valence-corrected chi connectivity index (χ0v) is 11.1. The van der Waals surface area contributed by atoms with Gasteiger partial charge in [-0.1, -0.05) is 12.8 Å². The van der Waals surface area contributed by atoms with E-state index in [0.29, 0.717) is 12.0 Å². The maximum Gasteiger partial charge on any atom is 0.0750 e. The zero-order valence-electron chi connectivity index (χ0n) is 11.1. The molecule has 0 saturated heterocycles. The lowest BCUT2D eigenvalue weighted by Crippen LogP contribution is -2.48. The molecule has 2 atom stereocenters. The monoisotopic (exact) mass is 228 g/mol. The van der Waals surface area contributed by atoms with Crippen molar-refractivity contribution >= 4 is 0 Å². The Labute approximate surface area is 100 Å². The van der Waals surface area contributed by atoms with Gasteiger partial charge in [0.05, 0.1) is 5.60 Å². The van der Waals surface area contributed by atoms with E-state index in [2.05, 4.69) is 19.2 Å². The highest BCUT2D eigenvalue weighted by Crippen LogP contribution is 2.24. The lowest BCUT2D eigenvalue weighted by molar-refractivity contribution is -0.0127. The van der Waals surface area contributed by atoms with Crippen LogP contribution >= 0.6 is 0 Å². The van der Waals surface area contributed by atoms with Crippen molar-refractivity contribution in [1.29, 1.82) is 0 Å². The van der Waals surface area contributed by atoms with Crippen LogP contribution in [0.5, 0.6) is 0 Å². The standard InChI is InChI=1S/C13H28N2O/c1-4-16-13(2,3)10-15-12-8-6-5-7-11(12)9-14/h11-12,15H,4-10,14H2,1-3H3. The molecule has 0 spiro atoms. The molecule has 0 bridgehead atoms. The van der Waals surface area contributed by atoms with E-state index >= 15 is 0 Å². The van der Waals surface area contributed by atoms with Gasteiger partial charge >= 0.3 is 0 Å². The minimum absolute atomic E-state index is 0.0641. The van der Waals surface area contributed by atoms with Crippen LogP contribution in [-0.2, 0) is 4.74 Å². The summed E-state index contributed by atoms with van der Waals surface area (Å²) in [5, 5.41) is 3.64. The van der Waals surface area contributed by atoms with Crippen LogP contribution in [0.4, 0.5) is 0 Å². The topological polar surface area (TPSA) is 47.3 Å². The van der Waals surface area contributed by atoms with E-state index in [9.17, 15) is 0 Å². The molecule has 0 aliphatic heterocycles. The molecule has 1 saturated carbocycles. The van der Waals surface area contributed by atoms with Gasteiger partial charge in [0, 0.05) is 19.2 Å². The smallest absolute Gasteiger partial charge is 0.0750 e. The van der Waals surface area contributed by atoms with Gasteiger partial charge in [-0.15, -0.1) is 0 Å². The molecule has 1 aliphatic carbocycles. The highest BCUT2D eigenvalue weighted by atomic mass is 16.5. The molecule has 96 valence electrons. The second-order valence-corrected chi connectivity index (χ2v) is 5.46.